The lowest BCUT2D eigenvalue weighted by Crippen LogP contribution is -2.33. The van der Waals surface area contributed by atoms with E-state index in [1.54, 1.807) is 0 Å². The molecular formula is C17H28N4S. The molecular weight excluding hydrogens is 292 g/mol. The molecule has 0 aromatic heterocycles. The monoisotopic (exact) mass is 320 g/mol. The predicted octanol–water partition coefficient (Wildman–Crippen LogP) is 2.69. The smallest absolute Gasteiger partial charge is 0.188 e. The highest BCUT2D eigenvalue weighted by Crippen LogP contribution is 2.20. The van der Waals surface area contributed by atoms with Crippen molar-refractivity contribution in [3.8, 4) is 0 Å². The number of anilines is 1. The molecule has 0 aliphatic carbocycles. The molecule has 122 valence electrons. The van der Waals surface area contributed by atoms with E-state index in [1.807, 2.05) is 11.8 Å². The van der Waals surface area contributed by atoms with Crippen LogP contribution in [0.1, 0.15) is 25.8 Å². The Balaban J connectivity index is 1.80. The summed E-state index contributed by atoms with van der Waals surface area (Å²) in [5.41, 5.74) is 8.40. The van der Waals surface area contributed by atoms with E-state index < -0.39 is 0 Å². The van der Waals surface area contributed by atoms with Crippen LogP contribution in [0.4, 0.5) is 5.69 Å². The minimum atomic E-state index is 0.540. The third-order valence-corrected chi connectivity index (χ3v) is 4.71. The molecule has 1 aliphatic rings. The van der Waals surface area contributed by atoms with Crippen molar-refractivity contribution in [3.05, 3.63) is 29.8 Å². The third kappa shape index (κ3) is 5.79. The van der Waals surface area contributed by atoms with Crippen LogP contribution in [0, 0.1) is 5.92 Å². The van der Waals surface area contributed by atoms with Gasteiger partial charge in [-0.15, -0.1) is 0 Å². The minimum absolute atomic E-state index is 0.540. The van der Waals surface area contributed by atoms with Gasteiger partial charge in [-0.2, -0.15) is 11.8 Å². The number of aliphatic imine (C=N–C) groups is 1. The molecule has 0 amide bonds. The highest BCUT2D eigenvalue weighted by atomic mass is 32.2. The zero-order chi connectivity index (χ0) is 15.8. The number of hydrogen-bond acceptors (Lipinski definition) is 3. The Morgan fingerprint density at radius 2 is 1.95 bits per heavy atom. The molecule has 0 atom stereocenters. The second-order valence-corrected chi connectivity index (χ2v) is 7.30. The fourth-order valence-electron chi connectivity index (χ4n) is 2.36. The minimum Gasteiger partial charge on any atom is -0.370 e. The average Bonchev–Trinajstić information content (AvgIpc) is 2.54. The summed E-state index contributed by atoms with van der Waals surface area (Å²) < 4.78 is 0. The summed E-state index contributed by atoms with van der Waals surface area (Å²) in [7, 11) is 0. The zero-order valence-corrected chi connectivity index (χ0v) is 14.5. The molecule has 1 aromatic carbocycles. The van der Waals surface area contributed by atoms with Crippen LogP contribution in [0.25, 0.3) is 0 Å². The fourth-order valence-corrected chi connectivity index (χ4v) is 3.26. The molecule has 1 aromatic rings. The van der Waals surface area contributed by atoms with Crippen molar-refractivity contribution in [2.24, 2.45) is 16.6 Å². The van der Waals surface area contributed by atoms with Gasteiger partial charge in [-0.3, -0.25) is 0 Å². The molecule has 2 rings (SSSR count). The van der Waals surface area contributed by atoms with E-state index >= 15 is 0 Å². The summed E-state index contributed by atoms with van der Waals surface area (Å²) >= 11 is 2.04. The molecule has 5 heteroatoms. The van der Waals surface area contributed by atoms with Gasteiger partial charge < -0.3 is 16.0 Å². The Kier molecular flexibility index (Phi) is 6.90. The maximum Gasteiger partial charge on any atom is 0.188 e. The van der Waals surface area contributed by atoms with Gasteiger partial charge in [0.05, 0.1) is 6.54 Å². The zero-order valence-electron chi connectivity index (χ0n) is 13.7. The van der Waals surface area contributed by atoms with Gasteiger partial charge in [-0.1, -0.05) is 26.0 Å². The van der Waals surface area contributed by atoms with E-state index in [4.69, 9.17) is 5.73 Å². The summed E-state index contributed by atoms with van der Waals surface area (Å²) in [4.78, 5) is 6.85. The molecule has 3 N–H and O–H groups in total. The van der Waals surface area contributed by atoms with Crippen LogP contribution in [0.15, 0.2) is 29.3 Å². The molecule has 4 nitrogen and oxygen atoms in total. The quantitative estimate of drug-likeness (QED) is 0.625. The van der Waals surface area contributed by atoms with E-state index in [-0.39, 0.29) is 0 Å². The van der Waals surface area contributed by atoms with Crippen LogP contribution < -0.4 is 16.0 Å². The SMILES string of the molecule is CC(C)CCNC(N)=NCc1ccc(N2CCSCC2)cc1. The molecule has 22 heavy (non-hydrogen) atoms. The second-order valence-electron chi connectivity index (χ2n) is 6.08. The number of nitrogens with one attached hydrogen (secondary N) is 1. The Labute approximate surface area is 138 Å². The second kappa shape index (κ2) is 8.93. The fraction of sp³-hybridized carbons (Fsp3) is 0.588. The Morgan fingerprint density at radius 1 is 1.27 bits per heavy atom. The van der Waals surface area contributed by atoms with Gasteiger partial charge in [-0.05, 0) is 30.0 Å². The van der Waals surface area contributed by atoms with Crippen LogP contribution >= 0.6 is 11.8 Å². The highest BCUT2D eigenvalue weighted by molar-refractivity contribution is 7.99. The van der Waals surface area contributed by atoms with Crippen molar-refractivity contribution in [2.45, 2.75) is 26.8 Å². The number of nitrogens with two attached hydrogens (primary N) is 1. The lowest BCUT2D eigenvalue weighted by atomic mass is 10.1. The molecule has 1 heterocycles. The number of thioether (sulfide) groups is 1. The maximum absolute atomic E-state index is 5.88. The molecule has 1 aliphatic heterocycles. The number of rotatable bonds is 6. The summed E-state index contributed by atoms with van der Waals surface area (Å²) in [6.45, 7) is 8.23. The van der Waals surface area contributed by atoms with Crippen LogP contribution in [-0.4, -0.2) is 37.1 Å². The molecule has 0 spiro atoms. The first-order valence-corrected chi connectivity index (χ1v) is 9.26. The summed E-state index contributed by atoms with van der Waals surface area (Å²) in [5.74, 6) is 3.67. The van der Waals surface area contributed by atoms with E-state index in [0.29, 0.717) is 18.4 Å². The summed E-state index contributed by atoms with van der Waals surface area (Å²) in [5, 5.41) is 3.16. The van der Waals surface area contributed by atoms with Crippen molar-refractivity contribution in [2.75, 3.05) is 36.0 Å². The van der Waals surface area contributed by atoms with Crippen molar-refractivity contribution in [1.82, 2.24) is 5.32 Å². The molecule has 0 unspecified atom stereocenters. The lowest BCUT2D eigenvalue weighted by molar-refractivity contribution is 0.576. The van der Waals surface area contributed by atoms with Gasteiger partial charge in [0.15, 0.2) is 5.96 Å². The van der Waals surface area contributed by atoms with Gasteiger partial charge >= 0.3 is 0 Å². The molecule has 0 bridgehead atoms. The largest absolute Gasteiger partial charge is 0.370 e. The first-order chi connectivity index (χ1) is 10.6. The van der Waals surface area contributed by atoms with Gasteiger partial charge in [0.1, 0.15) is 0 Å². The highest BCUT2D eigenvalue weighted by Gasteiger charge is 2.10. The van der Waals surface area contributed by atoms with Crippen LogP contribution in [-0.2, 0) is 6.54 Å². The first-order valence-electron chi connectivity index (χ1n) is 8.10. The van der Waals surface area contributed by atoms with Gasteiger partial charge in [0.2, 0.25) is 0 Å². The van der Waals surface area contributed by atoms with Crippen molar-refractivity contribution in [1.29, 1.82) is 0 Å². The average molecular weight is 321 g/mol. The van der Waals surface area contributed by atoms with E-state index in [2.05, 4.69) is 53.3 Å². The Hall–Kier alpha value is -1.36. The number of guanidine groups is 1. The molecule has 0 saturated carbocycles. The number of benzene rings is 1. The normalized spacial score (nSPS) is 16.1. The number of hydrogen-bond donors (Lipinski definition) is 2. The van der Waals surface area contributed by atoms with E-state index in [9.17, 15) is 0 Å². The summed E-state index contributed by atoms with van der Waals surface area (Å²) in [6.07, 6.45) is 1.11. The molecule has 1 fully saturated rings. The lowest BCUT2D eigenvalue weighted by Gasteiger charge is -2.28. The van der Waals surface area contributed by atoms with Crippen LogP contribution in [0.2, 0.25) is 0 Å². The first kappa shape index (κ1) is 17.0. The van der Waals surface area contributed by atoms with Gasteiger partial charge in [-0.25, -0.2) is 4.99 Å². The van der Waals surface area contributed by atoms with Gasteiger partial charge in [0, 0.05) is 36.8 Å². The summed E-state index contributed by atoms with van der Waals surface area (Å²) in [6, 6.07) is 8.70. The predicted molar refractivity (Wildman–Crippen MR) is 98.8 cm³/mol. The molecule has 1 saturated heterocycles. The Morgan fingerprint density at radius 3 is 2.59 bits per heavy atom. The maximum atomic E-state index is 5.88. The standard InChI is InChI=1S/C17H28N4S/c1-14(2)7-8-19-17(18)20-13-15-3-5-16(6-4-15)21-9-11-22-12-10-21/h3-6,14H,7-13H2,1-2H3,(H3,18,19,20). The third-order valence-electron chi connectivity index (χ3n) is 3.77. The molecule has 0 radical (unpaired) electrons. The van der Waals surface area contributed by atoms with Gasteiger partial charge in [0.25, 0.3) is 0 Å². The van der Waals surface area contributed by atoms with Crippen LogP contribution in [0.5, 0.6) is 0 Å². The van der Waals surface area contributed by atoms with Crippen LogP contribution in [0.3, 0.4) is 0 Å². The van der Waals surface area contributed by atoms with E-state index in [1.165, 1.54) is 22.8 Å². The topological polar surface area (TPSA) is 53.6 Å². The van der Waals surface area contributed by atoms with E-state index in [0.717, 1.165) is 26.1 Å². The van der Waals surface area contributed by atoms with Crippen molar-refractivity contribution < 1.29 is 0 Å². The Bertz CT molecular complexity index is 464. The van der Waals surface area contributed by atoms with Crippen molar-refractivity contribution in [3.63, 3.8) is 0 Å². The number of nitrogens with zero attached hydrogens (tertiary/aromatic N) is 2. The van der Waals surface area contributed by atoms with Crippen molar-refractivity contribution >= 4 is 23.4 Å².